The van der Waals surface area contributed by atoms with Crippen molar-refractivity contribution in [2.24, 2.45) is 0 Å². The number of hydrogen-bond donors (Lipinski definition) is 1. The molecule has 0 bridgehead atoms. The Kier molecular flexibility index (Phi) is 5.31. The van der Waals surface area contributed by atoms with Gasteiger partial charge in [-0.25, -0.2) is 4.39 Å². The monoisotopic (exact) mass is 321 g/mol. The third-order valence-corrected chi connectivity index (χ3v) is 3.93. The molecule has 1 N–H and O–H groups in total. The standard InChI is InChI=1S/C16H20FN3O3/c1-3-13-16(23)19(2)8-9-20(13)14(21)10-18-15(22)11-4-6-12(17)7-5-11/h4-7,13H,3,8-10H2,1-2H3,(H,18,22). The molecule has 0 radical (unpaired) electrons. The molecule has 7 heteroatoms. The van der Waals surface area contributed by atoms with Crippen molar-refractivity contribution >= 4 is 17.7 Å². The molecule has 1 fully saturated rings. The van der Waals surface area contributed by atoms with E-state index in [-0.39, 0.29) is 23.9 Å². The Balaban J connectivity index is 1.94. The van der Waals surface area contributed by atoms with E-state index < -0.39 is 17.8 Å². The average molecular weight is 321 g/mol. The second-order valence-corrected chi connectivity index (χ2v) is 5.46. The average Bonchev–Trinajstić information content (AvgIpc) is 2.55. The second-order valence-electron chi connectivity index (χ2n) is 5.46. The number of nitrogens with zero attached hydrogens (tertiary/aromatic N) is 2. The summed E-state index contributed by atoms with van der Waals surface area (Å²) in [5, 5.41) is 2.51. The second kappa shape index (κ2) is 7.21. The molecule has 3 amide bonds. The Bertz CT molecular complexity index is 603. The topological polar surface area (TPSA) is 69.7 Å². The number of nitrogens with one attached hydrogen (secondary N) is 1. The van der Waals surface area contributed by atoms with Crippen molar-refractivity contribution < 1.29 is 18.8 Å². The Morgan fingerprint density at radius 2 is 1.91 bits per heavy atom. The molecule has 1 aromatic carbocycles. The Labute approximate surface area is 134 Å². The van der Waals surface area contributed by atoms with E-state index in [1.165, 1.54) is 29.2 Å². The highest BCUT2D eigenvalue weighted by Gasteiger charge is 2.34. The molecule has 2 rings (SSSR count). The van der Waals surface area contributed by atoms with Gasteiger partial charge in [-0.1, -0.05) is 6.92 Å². The fraction of sp³-hybridized carbons (Fsp3) is 0.438. The van der Waals surface area contributed by atoms with E-state index in [1.54, 1.807) is 11.9 Å². The van der Waals surface area contributed by atoms with Gasteiger partial charge in [0, 0.05) is 25.7 Å². The number of carbonyl (C=O) groups is 3. The van der Waals surface area contributed by atoms with Crippen molar-refractivity contribution in [1.29, 1.82) is 0 Å². The van der Waals surface area contributed by atoms with Crippen LogP contribution in [0.1, 0.15) is 23.7 Å². The predicted molar refractivity (Wildman–Crippen MR) is 82.2 cm³/mol. The molecule has 1 atom stereocenters. The van der Waals surface area contributed by atoms with Crippen molar-refractivity contribution in [2.45, 2.75) is 19.4 Å². The summed E-state index contributed by atoms with van der Waals surface area (Å²) in [7, 11) is 1.71. The van der Waals surface area contributed by atoms with Crippen molar-refractivity contribution in [3.05, 3.63) is 35.6 Å². The van der Waals surface area contributed by atoms with Crippen LogP contribution in [0.2, 0.25) is 0 Å². The summed E-state index contributed by atoms with van der Waals surface area (Å²) in [5.41, 5.74) is 0.278. The van der Waals surface area contributed by atoms with E-state index in [2.05, 4.69) is 5.32 Å². The first kappa shape index (κ1) is 16.9. The number of benzene rings is 1. The van der Waals surface area contributed by atoms with Crippen molar-refractivity contribution in [3.8, 4) is 0 Å². The number of amides is 3. The molecule has 1 aliphatic heterocycles. The van der Waals surface area contributed by atoms with Crippen LogP contribution in [-0.4, -0.2) is 60.2 Å². The quantitative estimate of drug-likeness (QED) is 0.884. The molecule has 23 heavy (non-hydrogen) atoms. The molecule has 124 valence electrons. The highest BCUT2D eigenvalue weighted by atomic mass is 19.1. The van der Waals surface area contributed by atoms with Crippen LogP contribution in [0.15, 0.2) is 24.3 Å². The number of halogens is 1. The summed E-state index contributed by atoms with van der Waals surface area (Å²) in [5.74, 6) is -1.27. The van der Waals surface area contributed by atoms with E-state index in [0.717, 1.165) is 0 Å². The van der Waals surface area contributed by atoms with Gasteiger partial charge in [-0.2, -0.15) is 0 Å². The highest BCUT2D eigenvalue weighted by Crippen LogP contribution is 2.13. The fourth-order valence-electron chi connectivity index (χ4n) is 2.57. The molecule has 0 saturated carbocycles. The SMILES string of the molecule is CCC1C(=O)N(C)CCN1C(=O)CNC(=O)c1ccc(F)cc1. The summed E-state index contributed by atoms with van der Waals surface area (Å²) in [6.45, 7) is 2.59. The van der Waals surface area contributed by atoms with Gasteiger partial charge in [-0.05, 0) is 30.7 Å². The third-order valence-electron chi connectivity index (χ3n) is 3.93. The summed E-state index contributed by atoms with van der Waals surface area (Å²) in [6, 6.07) is 4.59. The lowest BCUT2D eigenvalue weighted by molar-refractivity contribution is -0.149. The maximum absolute atomic E-state index is 12.8. The lowest BCUT2D eigenvalue weighted by atomic mass is 10.1. The number of hydrogen-bond acceptors (Lipinski definition) is 3. The first-order chi connectivity index (χ1) is 10.9. The maximum atomic E-state index is 12.8. The van der Waals surface area contributed by atoms with Crippen LogP contribution in [-0.2, 0) is 9.59 Å². The Morgan fingerprint density at radius 3 is 2.52 bits per heavy atom. The van der Waals surface area contributed by atoms with Gasteiger partial charge >= 0.3 is 0 Å². The zero-order valence-electron chi connectivity index (χ0n) is 13.2. The molecule has 0 spiro atoms. The molecule has 0 aliphatic carbocycles. The largest absolute Gasteiger partial charge is 0.343 e. The smallest absolute Gasteiger partial charge is 0.251 e. The van der Waals surface area contributed by atoms with E-state index in [0.29, 0.717) is 19.5 Å². The molecule has 1 aliphatic rings. The summed E-state index contributed by atoms with van der Waals surface area (Å²) in [6.07, 6.45) is 0.529. The molecule has 1 aromatic rings. The van der Waals surface area contributed by atoms with Crippen LogP contribution in [0.3, 0.4) is 0 Å². The van der Waals surface area contributed by atoms with Gasteiger partial charge in [-0.3, -0.25) is 14.4 Å². The number of likely N-dealkylation sites (N-methyl/N-ethyl adjacent to an activating group) is 1. The lowest BCUT2D eigenvalue weighted by Crippen LogP contribution is -2.58. The molecule has 6 nitrogen and oxygen atoms in total. The Morgan fingerprint density at radius 1 is 1.26 bits per heavy atom. The maximum Gasteiger partial charge on any atom is 0.251 e. The Hall–Kier alpha value is -2.44. The summed E-state index contributed by atoms with van der Waals surface area (Å²) >= 11 is 0. The van der Waals surface area contributed by atoms with Gasteiger partial charge in [0.05, 0.1) is 6.54 Å². The van der Waals surface area contributed by atoms with E-state index in [1.807, 2.05) is 6.92 Å². The fourth-order valence-corrected chi connectivity index (χ4v) is 2.57. The van der Waals surface area contributed by atoms with Crippen LogP contribution in [0.4, 0.5) is 4.39 Å². The van der Waals surface area contributed by atoms with Crippen LogP contribution in [0, 0.1) is 5.82 Å². The van der Waals surface area contributed by atoms with Crippen molar-refractivity contribution in [2.75, 3.05) is 26.7 Å². The van der Waals surface area contributed by atoms with Crippen LogP contribution < -0.4 is 5.32 Å². The predicted octanol–water partition coefficient (Wildman–Crippen LogP) is 0.635. The minimum absolute atomic E-state index is 0.0861. The van der Waals surface area contributed by atoms with Crippen LogP contribution >= 0.6 is 0 Å². The zero-order chi connectivity index (χ0) is 17.0. The minimum atomic E-state index is -0.482. The third kappa shape index (κ3) is 3.85. The first-order valence-electron chi connectivity index (χ1n) is 7.52. The lowest BCUT2D eigenvalue weighted by Gasteiger charge is -2.38. The van der Waals surface area contributed by atoms with Gasteiger partial charge in [0.2, 0.25) is 11.8 Å². The van der Waals surface area contributed by atoms with Gasteiger partial charge in [0.15, 0.2) is 0 Å². The number of carbonyl (C=O) groups excluding carboxylic acids is 3. The molecule has 1 saturated heterocycles. The van der Waals surface area contributed by atoms with E-state index in [9.17, 15) is 18.8 Å². The molecule has 1 unspecified atom stereocenters. The first-order valence-corrected chi connectivity index (χ1v) is 7.52. The minimum Gasteiger partial charge on any atom is -0.343 e. The zero-order valence-corrected chi connectivity index (χ0v) is 13.2. The van der Waals surface area contributed by atoms with E-state index >= 15 is 0 Å². The number of piperazine rings is 1. The van der Waals surface area contributed by atoms with Crippen molar-refractivity contribution in [1.82, 2.24) is 15.1 Å². The van der Waals surface area contributed by atoms with E-state index in [4.69, 9.17) is 0 Å². The van der Waals surface area contributed by atoms with Gasteiger partial charge in [-0.15, -0.1) is 0 Å². The van der Waals surface area contributed by atoms with Crippen LogP contribution in [0.5, 0.6) is 0 Å². The van der Waals surface area contributed by atoms with Gasteiger partial charge in [0.1, 0.15) is 11.9 Å². The van der Waals surface area contributed by atoms with Gasteiger partial charge in [0.25, 0.3) is 5.91 Å². The molecular formula is C16H20FN3O3. The number of rotatable bonds is 4. The van der Waals surface area contributed by atoms with Crippen molar-refractivity contribution in [3.63, 3.8) is 0 Å². The highest BCUT2D eigenvalue weighted by molar-refractivity contribution is 5.97. The van der Waals surface area contributed by atoms with Crippen LogP contribution in [0.25, 0.3) is 0 Å². The van der Waals surface area contributed by atoms with Gasteiger partial charge < -0.3 is 15.1 Å². The summed E-state index contributed by atoms with van der Waals surface area (Å²) < 4.78 is 12.8. The normalized spacial score (nSPS) is 18.0. The summed E-state index contributed by atoms with van der Waals surface area (Å²) in [4.78, 5) is 39.4. The molecule has 1 heterocycles. The molecule has 0 aromatic heterocycles. The molecular weight excluding hydrogens is 301 g/mol.